The molecule has 1 aliphatic rings. The number of nitrogen functional groups attached to an aromatic ring is 1. The van der Waals surface area contributed by atoms with E-state index in [4.69, 9.17) is 24.7 Å². The maximum Gasteiger partial charge on any atom is 0.407 e. The summed E-state index contributed by atoms with van der Waals surface area (Å²) in [5, 5.41) is 12.4. The molecule has 298 valence electrons. The van der Waals surface area contributed by atoms with E-state index >= 15 is 0 Å². The number of aryl methyl sites for hydroxylation is 1. The number of likely N-dealkylation sites (tertiary alicyclic amines) is 1. The van der Waals surface area contributed by atoms with Gasteiger partial charge in [0.15, 0.2) is 5.75 Å². The predicted octanol–water partition coefficient (Wildman–Crippen LogP) is 6.31. The van der Waals surface area contributed by atoms with E-state index in [1.165, 1.54) is 24.1 Å². The van der Waals surface area contributed by atoms with Crippen LogP contribution in [-0.4, -0.2) is 92.4 Å². The van der Waals surface area contributed by atoms with E-state index in [0.717, 1.165) is 24.8 Å². The fourth-order valence-corrected chi connectivity index (χ4v) is 6.18. The number of unbranched alkanes of at least 4 members (excludes halogenated alkanes) is 2. The summed E-state index contributed by atoms with van der Waals surface area (Å²) in [6, 6.07) is 15.4. The number of ether oxygens (including phenoxy) is 4. The van der Waals surface area contributed by atoms with Crippen LogP contribution in [0.1, 0.15) is 97.6 Å². The van der Waals surface area contributed by atoms with Gasteiger partial charge in [0.05, 0.1) is 54.5 Å². The van der Waals surface area contributed by atoms with Gasteiger partial charge in [0.1, 0.15) is 17.1 Å². The van der Waals surface area contributed by atoms with Crippen LogP contribution in [0, 0.1) is 6.92 Å². The van der Waals surface area contributed by atoms with Crippen LogP contribution in [0.4, 0.5) is 16.2 Å². The third kappa shape index (κ3) is 12.1. The van der Waals surface area contributed by atoms with Crippen molar-refractivity contribution in [1.29, 1.82) is 0 Å². The third-order valence-corrected chi connectivity index (χ3v) is 9.14. The molecule has 4 N–H and O–H groups in total. The SMILES string of the molecule is COc1c(C(=O)c2ccccc2OCCCNC(=O)OC(C)(C)C)ccc(C(=O)N(C)c2ccc(C)cc2OCCCCCC(=O)N2CCC(O)CC2)c1N. The number of para-hydroxylation sites is 1. The molecule has 13 nitrogen and oxygen atoms in total. The summed E-state index contributed by atoms with van der Waals surface area (Å²) < 4.78 is 23.0. The van der Waals surface area contributed by atoms with Crippen molar-refractivity contribution in [3.63, 3.8) is 0 Å². The molecule has 0 aliphatic carbocycles. The lowest BCUT2D eigenvalue weighted by molar-refractivity contribution is -0.133. The summed E-state index contributed by atoms with van der Waals surface area (Å²) in [6.45, 7) is 9.48. The largest absolute Gasteiger partial charge is 0.494 e. The van der Waals surface area contributed by atoms with Crippen molar-refractivity contribution in [3.05, 3.63) is 76.9 Å². The average Bonchev–Trinajstić information content (AvgIpc) is 3.14. The van der Waals surface area contributed by atoms with Gasteiger partial charge in [-0.15, -0.1) is 0 Å². The molecule has 1 fully saturated rings. The molecule has 0 spiro atoms. The number of anilines is 2. The molecule has 0 atom stereocenters. The van der Waals surface area contributed by atoms with Crippen LogP contribution in [0.5, 0.6) is 17.2 Å². The minimum atomic E-state index is -0.599. The smallest absolute Gasteiger partial charge is 0.407 e. The number of amides is 3. The quantitative estimate of drug-likeness (QED) is 0.0805. The van der Waals surface area contributed by atoms with Crippen LogP contribution < -0.4 is 30.2 Å². The number of carbonyl (C=O) groups excluding carboxylic acids is 4. The Hall–Kier alpha value is -5.30. The van der Waals surface area contributed by atoms with Gasteiger partial charge in [-0.2, -0.15) is 0 Å². The summed E-state index contributed by atoms with van der Waals surface area (Å²) in [5.74, 6) is 0.258. The van der Waals surface area contributed by atoms with Crippen LogP contribution in [-0.2, 0) is 9.53 Å². The van der Waals surface area contributed by atoms with E-state index in [1.807, 2.05) is 30.0 Å². The zero-order chi connectivity index (χ0) is 40.1. The van der Waals surface area contributed by atoms with Crippen LogP contribution in [0.2, 0.25) is 0 Å². The molecule has 1 aliphatic heterocycles. The van der Waals surface area contributed by atoms with Gasteiger partial charge >= 0.3 is 6.09 Å². The Bertz CT molecular complexity index is 1800. The highest BCUT2D eigenvalue weighted by Gasteiger charge is 2.27. The Balaban J connectivity index is 1.38. The van der Waals surface area contributed by atoms with Gasteiger partial charge < -0.3 is 44.9 Å². The molecule has 0 radical (unpaired) electrons. The molecule has 13 heteroatoms. The number of nitrogens with zero attached hydrogens (tertiary/aromatic N) is 2. The number of benzene rings is 3. The number of rotatable bonds is 17. The summed E-state index contributed by atoms with van der Waals surface area (Å²) in [4.78, 5) is 55.5. The van der Waals surface area contributed by atoms with E-state index in [9.17, 15) is 24.3 Å². The Morgan fingerprint density at radius 2 is 1.56 bits per heavy atom. The molecule has 4 rings (SSSR count). The Kier molecular flexibility index (Phi) is 15.3. The van der Waals surface area contributed by atoms with Gasteiger partial charge in [0.2, 0.25) is 11.7 Å². The number of methoxy groups -OCH3 is 1. The Labute approximate surface area is 324 Å². The van der Waals surface area contributed by atoms with Crippen molar-refractivity contribution < 1.29 is 43.2 Å². The van der Waals surface area contributed by atoms with Crippen molar-refractivity contribution in [2.24, 2.45) is 0 Å². The topological polar surface area (TPSA) is 170 Å². The molecule has 0 aromatic heterocycles. The second kappa shape index (κ2) is 19.9. The first-order valence-corrected chi connectivity index (χ1v) is 18.9. The molecule has 1 heterocycles. The fraction of sp³-hybridized carbons (Fsp3) is 0.476. The first kappa shape index (κ1) is 42.4. The monoisotopic (exact) mass is 760 g/mol. The number of hydrogen-bond acceptors (Lipinski definition) is 10. The second-order valence-corrected chi connectivity index (χ2v) is 14.7. The van der Waals surface area contributed by atoms with Crippen LogP contribution in [0.15, 0.2) is 54.6 Å². The normalized spacial score (nSPS) is 13.2. The Morgan fingerprint density at radius 1 is 0.891 bits per heavy atom. The van der Waals surface area contributed by atoms with E-state index in [2.05, 4.69) is 5.32 Å². The van der Waals surface area contributed by atoms with E-state index in [1.54, 1.807) is 52.1 Å². The fourth-order valence-electron chi connectivity index (χ4n) is 6.18. The second-order valence-electron chi connectivity index (χ2n) is 14.7. The van der Waals surface area contributed by atoms with Crippen molar-refractivity contribution in [1.82, 2.24) is 10.2 Å². The standard InChI is InChI=1S/C42H56N4O9/c1-28-16-19-33(35(27-28)54-25-11-7-8-15-36(48)46-23-20-29(47)21-24-46)45(5)40(50)31-17-18-32(39(52-6)37(31)43)38(49)30-13-9-10-14-34(30)53-26-12-22-44-41(51)55-42(2,3)4/h9-10,13-14,16-19,27,29,47H,7-8,11-12,15,20-26,43H2,1-6H3,(H,44,51). The predicted molar refractivity (Wildman–Crippen MR) is 211 cm³/mol. The van der Waals surface area contributed by atoms with Crippen LogP contribution in [0.3, 0.4) is 0 Å². The maximum absolute atomic E-state index is 13.9. The third-order valence-electron chi connectivity index (χ3n) is 9.14. The lowest BCUT2D eigenvalue weighted by Gasteiger charge is -2.29. The minimum absolute atomic E-state index is 0.0154. The van der Waals surface area contributed by atoms with Crippen LogP contribution >= 0.6 is 0 Å². The van der Waals surface area contributed by atoms with Gasteiger partial charge in [0, 0.05) is 33.1 Å². The zero-order valence-corrected chi connectivity index (χ0v) is 32.9. The molecular formula is C42H56N4O9. The number of carbonyl (C=O) groups is 4. The molecule has 3 amide bonds. The number of hydrogen-bond donors (Lipinski definition) is 3. The van der Waals surface area contributed by atoms with Gasteiger partial charge in [0.25, 0.3) is 5.91 Å². The molecule has 55 heavy (non-hydrogen) atoms. The van der Waals surface area contributed by atoms with E-state index in [-0.39, 0.29) is 46.7 Å². The number of alkyl carbamates (subject to hydrolysis) is 1. The molecule has 3 aromatic carbocycles. The number of aliphatic hydroxyl groups excluding tert-OH is 1. The van der Waals surface area contributed by atoms with E-state index < -0.39 is 23.4 Å². The maximum atomic E-state index is 13.9. The summed E-state index contributed by atoms with van der Waals surface area (Å²) in [6.07, 6.45) is 3.67. The molecule has 3 aromatic rings. The zero-order valence-electron chi connectivity index (χ0n) is 32.9. The Morgan fingerprint density at radius 3 is 2.27 bits per heavy atom. The lowest BCUT2D eigenvalue weighted by Crippen LogP contribution is -2.39. The van der Waals surface area contributed by atoms with Crippen molar-refractivity contribution in [3.8, 4) is 17.2 Å². The highest BCUT2D eigenvalue weighted by molar-refractivity contribution is 6.16. The molecule has 1 saturated heterocycles. The summed E-state index contributed by atoms with van der Waals surface area (Å²) in [7, 11) is 3.02. The highest BCUT2D eigenvalue weighted by atomic mass is 16.6. The molecular weight excluding hydrogens is 704 g/mol. The first-order chi connectivity index (χ1) is 26.2. The summed E-state index contributed by atoms with van der Waals surface area (Å²) >= 11 is 0. The highest BCUT2D eigenvalue weighted by Crippen LogP contribution is 2.36. The average molecular weight is 761 g/mol. The minimum Gasteiger partial charge on any atom is -0.494 e. The summed E-state index contributed by atoms with van der Waals surface area (Å²) in [5.41, 5.74) is 8.06. The number of piperidine rings is 1. The van der Waals surface area contributed by atoms with Gasteiger partial charge in [-0.3, -0.25) is 14.4 Å². The number of nitrogens with two attached hydrogens (primary N) is 1. The number of aliphatic hydroxyl groups is 1. The first-order valence-electron chi connectivity index (χ1n) is 18.9. The number of ketones is 1. The molecule has 0 saturated carbocycles. The van der Waals surface area contributed by atoms with Crippen molar-refractivity contribution in [2.45, 2.75) is 84.3 Å². The molecule has 0 unspecified atom stereocenters. The van der Waals surface area contributed by atoms with Gasteiger partial charge in [-0.05, 0) is 108 Å². The van der Waals surface area contributed by atoms with Crippen molar-refractivity contribution in [2.75, 3.05) is 57.6 Å². The molecule has 0 bridgehead atoms. The lowest BCUT2D eigenvalue weighted by atomic mass is 9.98. The van der Waals surface area contributed by atoms with Gasteiger partial charge in [-0.1, -0.05) is 18.2 Å². The van der Waals surface area contributed by atoms with E-state index in [0.29, 0.717) is 69.1 Å². The van der Waals surface area contributed by atoms with Crippen LogP contribution in [0.25, 0.3) is 0 Å². The van der Waals surface area contributed by atoms with Crippen molar-refractivity contribution >= 4 is 35.1 Å². The van der Waals surface area contributed by atoms with Gasteiger partial charge in [-0.25, -0.2) is 4.79 Å². The number of nitrogens with one attached hydrogen (secondary N) is 1.